The van der Waals surface area contributed by atoms with E-state index in [0.717, 1.165) is 18.2 Å². The minimum absolute atomic E-state index is 0.119. The first-order valence-electron chi connectivity index (χ1n) is 8.60. The molecular weight excluding hydrogens is 366 g/mol. The van der Waals surface area contributed by atoms with Crippen LogP contribution in [0.25, 0.3) is 10.3 Å². The molecule has 0 aliphatic heterocycles. The van der Waals surface area contributed by atoms with Crippen molar-refractivity contribution in [1.82, 2.24) is 14.5 Å². The van der Waals surface area contributed by atoms with Crippen molar-refractivity contribution in [2.45, 2.75) is 20.4 Å². The molecule has 0 saturated heterocycles. The van der Waals surface area contributed by atoms with Crippen molar-refractivity contribution in [3.05, 3.63) is 40.9 Å². The zero-order valence-electron chi connectivity index (χ0n) is 15.4. The SMILES string of the molecule is CCN(CC)c1nc2ncn(CC(=O)Nc3ccc(OC)cc3)c(=O)c2s1. The number of methoxy groups -OCH3 is 1. The largest absolute Gasteiger partial charge is 0.497 e. The van der Waals surface area contributed by atoms with Gasteiger partial charge in [-0.15, -0.1) is 0 Å². The molecule has 3 aromatic rings. The molecule has 0 radical (unpaired) electrons. The zero-order chi connectivity index (χ0) is 19.4. The van der Waals surface area contributed by atoms with E-state index in [0.29, 0.717) is 21.8 Å². The summed E-state index contributed by atoms with van der Waals surface area (Å²) in [6.07, 6.45) is 1.37. The number of amides is 1. The van der Waals surface area contributed by atoms with Gasteiger partial charge in [-0.2, -0.15) is 4.98 Å². The Morgan fingerprint density at radius 2 is 1.96 bits per heavy atom. The van der Waals surface area contributed by atoms with Gasteiger partial charge in [-0.25, -0.2) is 4.98 Å². The number of hydrogen-bond donors (Lipinski definition) is 1. The molecule has 1 amide bonds. The number of rotatable bonds is 7. The van der Waals surface area contributed by atoms with Gasteiger partial charge in [0.2, 0.25) is 5.91 Å². The number of benzene rings is 1. The van der Waals surface area contributed by atoms with Crippen molar-refractivity contribution >= 4 is 38.4 Å². The van der Waals surface area contributed by atoms with E-state index in [1.54, 1.807) is 31.4 Å². The molecule has 3 rings (SSSR count). The molecule has 0 spiro atoms. The maximum Gasteiger partial charge on any atom is 0.273 e. The zero-order valence-corrected chi connectivity index (χ0v) is 16.2. The second-order valence-corrected chi connectivity index (χ2v) is 6.75. The number of anilines is 2. The van der Waals surface area contributed by atoms with Crippen LogP contribution in [0.2, 0.25) is 0 Å². The molecule has 2 heterocycles. The van der Waals surface area contributed by atoms with E-state index in [2.05, 4.69) is 20.2 Å². The monoisotopic (exact) mass is 387 g/mol. The third kappa shape index (κ3) is 4.08. The van der Waals surface area contributed by atoms with Crippen LogP contribution in [0.4, 0.5) is 10.8 Å². The highest BCUT2D eigenvalue weighted by atomic mass is 32.1. The van der Waals surface area contributed by atoms with Crippen molar-refractivity contribution in [2.75, 3.05) is 30.4 Å². The normalized spacial score (nSPS) is 10.8. The first-order valence-corrected chi connectivity index (χ1v) is 9.42. The molecule has 0 bridgehead atoms. The van der Waals surface area contributed by atoms with Gasteiger partial charge in [0, 0.05) is 18.8 Å². The number of ether oxygens (including phenoxy) is 1. The van der Waals surface area contributed by atoms with Crippen molar-refractivity contribution in [1.29, 1.82) is 0 Å². The molecule has 0 aliphatic rings. The van der Waals surface area contributed by atoms with Gasteiger partial charge in [-0.05, 0) is 38.1 Å². The van der Waals surface area contributed by atoms with Crippen LogP contribution >= 0.6 is 11.3 Å². The number of nitrogens with zero attached hydrogens (tertiary/aromatic N) is 4. The van der Waals surface area contributed by atoms with E-state index >= 15 is 0 Å². The molecule has 0 unspecified atom stereocenters. The maximum absolute atomic E-state index is 12.7. The minimum Gasteiger partial charge on any atom is -0.497 e. The van der Waals surface area contributed by atoms with Gasteiger partial charge >= 0.3 is 0 Å². The first kappa shape index (κ1) is 18.8. The number of hydrogen-bond acceptors (Lipinski definition) is 7. The maximum atomic E-state index is 12.7. The summed E-state index contributed by atoms with van der Waals surface area (Å²) in [6.45, 7) is 5.55. The molecule has 2 aromatic heterocycles. The molecule has 0 aliphatic carbocycles. The number of nitrogens with one attached hydrogen (secondary N) is 1. The van der Waals surface area contributed by atoms with Crippen molar-refractivity contribution in [3.63, 3.8) is 0 Å². The van der Waals surface area contributed by atoms with Crippen LogP contribution in [-0.4, -0.2) is 40.6 Å². The average molecular weight is 387 g/mol. The van der Waals surface area contributed by atoms with Gasteiger partial charge < -0.3 is 15.0 Å². The van der Waals surface area contributed by atoms with E-state index in [9.17, 15) is 9.59 Å². The van der Waals surface area contributed by atoms with Crippen molar-refractivity contribution < 1.29 is 9.53 Å². The van der Waals surface area contributed by atoms with Crippen LogP contribution in [0.1, 0.15) is 13.8 Å². The Labute approximate surface area is 160 Å². The molecule has 0 fully saturated rings. The van der Waals surface area contributed by atoms with Crippen LogP contribution in [0, 0.1) is 0 Å². The lowest BCUT2D eigenvalue weighted by atomic mass is 10.3. The highest BCUT2D eigenvalue weighted by Crippen LogP contribution is 2.24. The van der Waals surface area contributed by atoms with Crippen LogP contribution in [0.5, 0.6) is 5.75 Å². The third-order valence-corrected chi connectivity index (χ3v) is 5.19. The molecular formula is C18H21N5O3S. The second kappa shape index (κ2) is 8.17. The number of carbonyl (C=O) groups is 1. The fraction of sp³-hybridized carbons (Fsp3) is 0.333. The van der Waals surface area contributed by atoms with Gasteiger partial charge in [0.1, 0.15) is 23.3 Å². The van der Waals surface area contributed by atoms with E-state index in [-0.39, 0.29) is 18.0 Å². The van der Waals surface area contributed by atoms with Gasteiger partial charge in [-0.3, -0.25) is 14.2 Å². The summed E-state index contributed by atoms with van der Waals surface area (Å²) in [7, 11) is 1.58. The minimum atomic E-state index is -0.308. The summed E-state index contributed by atoms with van der Waals surface area (Å²) in [6, 6.07) is 6.98. The Kier molecular flexibility index (Phi) is 5.70. The Morgan fingerprint density at radius 3 is 2.59 bits per heavy atom. The lowest BCUT2D eigenvalue weighted by Crippen LogP contribution is -2.27. The van der Waals surface area contributed by atoms with Gasteiger partial charge in [0.25, 0.3) is 5.56 Å². The molecule has 142 valence electrons. The predicted molar refractivity (Wildman–Crippen MR) is 107 cm³/mol. The summed E-state index contributed by atoms with van der Waals surface area (Å²) in [5.41, 5.74) is 0.781. The molecule has 0 atom stereocenters. The Morgan fingerprint density at radius 1 is 1.26 bits per heavy atom. The van der Waals surface area contributed by atoms with Crippen molar-refractivity contribution in [3.8, 4) is 5.75 Å². The van der Waals surface area contributed by atoms with Crippen LogP contribution in [-0.2, 0) is 11.3 Å². The van der Waals surface area contributed by atoms with Crippen LogP contribution < -0.4 is 20.5 Å². The Hall–Kier alpha value is -2.94. The van der Waals surface area contributed by atoms with E-state index in [1.807, 2.05) is 13.8 Å². The molecule has 1 N–H and O–H groups in total. The molecule has 1 aromatic carbocycles. The number of carbonyl (C=O) groups excluding carboxylic acids is 1. The molecule has 27 heavy (non-hydrogen) atoms. The standard InChI is InChI=1S/C18H21N5O3S/c1-4-22(5-2)18-21-16-15(27-18)17(25)23(11-19-16)10-14(24)20-12-6-8-13(26-3)9-7-12/h6-9,11H,4-5,10H2,1-3H3,(H,20,24). The second-order valence-electron chi connectivity index (χ2n) is 5.78. The quantitative estimate of drug-likeness (QED) is 0.669. The third-order valence-electron chi connectivity index (χ3n) is 4.09. The van der Waals surface area contributed by atoms with E-state index in [1.165, 1.54) is 22.2 Å². The number of fused-ring (bicyclic) bond motifs is 1. The molecule has 8 nitrogen and oxygen atoms in total. The van der Waals surface area contributed by atoms with E-state index in [4.69, 9.17) is 4.74 Å². The summed E-state index contributed by atoms with van der Waals surface area (Å²) in [5, 5.41) is 3.52. The van der Waals surface area contributed by atoms with E-state index < -0.39 is 0 Å². The Balaban J connectivity index is 1.78. The first-order chi connectivity index (χ1) is 13.0. The van der Waals surface area contributed by atoms with Gasteiger partial charge in [0.05, 0.1) is 7.11 Å². The van der Waals surface area contributed by atoms with Crippen LogP contribution in [0.3, 0.4) is 0 Å². The molecule has 9 heteroatoms. The number of thiazole rings is 1. The summed E-state index contributed by atoms with van der Waals surface area (Å²) >= 11 is 1.30. The Bertz CT molecular complexity index is 992. The van der Waals surface area contributed by atoms with Crippen LogP contribution in [0.15, 0.2) is 35.4 Å². The predicted octanol–water partition coefficient (Wildman–Crippen LogP) is 2.35. The molecule has 0 saturated carbocycles. The topological polar surface area (TPSA) is 89.3 Å². The fourth-order valence-electron chi connectivity index (χ4n) is 2.61. The smallest absolute Gasteiger partial charge is 0.273 e. The average Bonchev–Trinajstić information content (AvgIpc) is 3.10. The van der Waals surface area contributed by atoms with Gasteiger partial charge in [0.15, 0.2) is 10.8 Å². The summed E-state index contributed by atoms with van der Waals surface area (Å²) in [5.74, 6) is 0.393. The lowest BCUT2D eigenvalue weighted by Gasteiger charge is -2.15. The summed E-state index contributed by atoms with van der Waals surface area (Å²) < 4.78 is 6.84. The fourth-order valence-corrected chi connectivity index (χ4v) is 3.70. The summed E-state index contributed by atoms with van der Waals surface area (Å²) in [4.78, 5) is 35.7. The van der Waals surface area contributed by atoms with Crippen molar-refractivity contribution in [2.24, 2.45) is 0 Å². The number of aromatic nitrogens is 3. The van der Waals surface area contributed by atoms with Gasteiger partial charge in [-0.1, -0.05) is 11.3 Å². The highest BCUT2D eigenvalue weighted by molar-refractivity contribution is 7.22. The lowest BCUT2D eigenvalue weighted by molar-refractivity contribution is -0.116. The highest BCUT2D eigenvalue weighted by Gasteiger charge is 2.15.